The van der Waals surface area contributed by atoms with Crippen LogP contribution in [-0.4, -0.2) is 24.2 Å². The summed E-state index contributed by atoms with van der Waals surface area (Å²) in [6.45, 7) is 35.4. The van der Waals surface area contributed by atoms with E-state index in [9.17, 15) is 0 Å². The SMILES string of the molecule is CCCCCCCCCCCCC[Si]1(CC(CCCC)CCCCCC)c2cc(C)sc2-c2sc(C)cc21.CCCCCCCCCCCC[Si]1(CC(CCCC)CCCCCC)c2cc(C)sc2-c2sc(C)cc21.CCCCCCCCCCC[Si]1(CC(CCCC)CCCCCC)c2cc(C)sc2-c2sc(C)cc21. The molecule has 3 unspecified atom stereocenters. The highest BCUT2D eigenvalue weighted by Crippen LogP contribution is 2.49. The topological polar surface area (TPSA) is 0 Å². The number of unbranched alkanes of at least 4 members (excludes halogenated alkanes) is 39. The average Bonchev–Trinajstić information content (AvgIpc) is 1.57. The lowest BCUT2D eigenvalue weighted by Crippen LogP contribution is -2.55. The van der Waals surface area contributed by atoms with Gasteiger partial charge in [-0.05, 0) is 163 Å². The first-order valence-corrected chi connectivity index (χ1v) is 61.0. The normalized spacial score (nSPS) is 14.7. The smallest absolute Gasteiger partial charge is 0.122 e. The molecule has 9 heteroatoms. The predicted molar refractivity (Wildman–Crippen MR) is 526 cm³/mol. The van der Waals surface area contributed by atoms with Gasteiger partial charge in [0, 0.05) is 58.5 Å². The summed E-state index contributed by atoms with van der Waals surface area (Å²) in [7, 11) is -5.05. The summed E-state index contributed by atoms with van der Waals surface area (Å²) in [6, 6.07) is 25.1. The Bertz CT molecular complexity index is 3230. The molecule has 0 aliphatic carbocycles. The van der Waals surface area contributed by atoms with Crippen LogP contribution in [0, 0.1) is 59.3 Å². The van der Waals surface area contributed by atoms with Gasteiger partial charge in [-0.25, -0.2) is 0 Å². The zero-order chi connectivity index (χ0) is 79.5. The second kappa shape index (κ2) is 54.9. The van der Waals surface area contributed by atoms with E-state index >= 15 is 0 Å². The Morgan fingerprint density at radius 1 is 0.189 bits per heavy atom. The molecule has 0 amide bonds. The van der Waals surface area contributed by atoms with Crippen molar-refractivity contribution in [1.29, 1.82) is 0 Å². The van der Waals surface area contributed by atoms with Crippen molar-refractivity contribution >= 4 is 123 Å². The highest BCUT2D eigenvalue weighted by atomic mass is 32.1. The van der Waals surface area contributed by atoms with Gasteiger partial charge in [-0.1, -0.05) is 409 Å². The summed E-state index contributed by atoms with van der Waals surface area (Å²) in [6.07, 6.45) is 77.5. The summed E-state index contributed by atoms with van der Waals surface area (Å²) in [4.78, 5) is 19.5. The van der Waals surface area contributed by atoms with E-state index in [1.165, 1.54) is 383 Å². The van der Waals surface area contributed by atoms with E-state index in [0.717, 1.165) is 17.8 Å². The molecule has 3 atom stereocenters. The fraction of sp³-hybridized carbons (Fsp3) is 0.765. The zero-order valence-electron chi connectivity index (χ0n) is 75.6. The molecule has 9 rings (SSSR count). The number of fused-ring (bicyclic) bond motifs is 9. The van der Waals surface area contributed by atoms with Crippen LogP contribution in [0.25, 0.3) is 29.3 Å². The predicted octanol–water partition coefficient (Wildman–Crippen LogP) is 35.0. The second-order valence-corrected chi connectivity index (χ2v) is 56.8. The Hall–Kier alpha value is -1.15. The third kappa shape index (κ3) is 30.2. The summed E-state index contributed by atoms with van der Waals surface area (Å²) in [5.74, 6) is 2.81. The van der Waals surface area contributed by atoms with Crippen molar-refractivity contribution in [2.24, 2.45) is 17.8 Å². The lowest BCUT2D eigenvalue weighted by atomic mass is 9.97. The number of aryl methyl sites for hydroxylation is 6. The molecular formula is C102H174S6Si3. The lowest BCUT2D eigenvalue weighted by molar-refractivity contribution is 0.440. The minimum Gasteiger partial charge on any atom is -0.140 e. The minimum absolute atomic E-state index is 0.936. The van der Waals surface area contributed by atoms with Gasteiger partial charge in [0.25, 0.3) is 0 Å². The zero-order valence-corrected chi connectivity index (χ0v) is 83.5. The quantitative estimate of drug-likeness (QED) is 0.0264. The van der Waals surface area contributed by atoms with Gasteiger partial charge in [-0.15, -0.1) is 68.0 Å². The maximum atomic E-state index is 2.67. The minimum atomic E-state index is -1.69. The molecule has 630 valence electrons. The number of rotatable bonds is 63. The highest BCUT2D eigenvalue weighted by Gasteiger charge is 2.51. The van der Waals surface area contributed by atoms with Crippen LogP contribution in [0.2, 0.25) is 36.3 Å². The van der Waals surface area contributed by atoms with Crippen LogP contribution in [-0.2, 0) is 0 Å². The molecule has 0 saturated heterocycles. The molecule has 0 bridgehead atoms. The molecule has 0 saturated carbocycles. The van der Waals surface area contributed by atoms with Gasteiger partial charge in [0.15, 0.2) is 0 Å². The van der Waals surface area contributed by atoms with Crippen molar-refractivity contribution in [1.82, 2.24) is 0 Å². The maximum absolute atomic E-state index is 2.67. The Morgan fingerprint density at radius 3 is 0.505 bits per heavy atom. The van der Waals surface area contributed by atoms with Crippen LogP contribution in [0.1, 0.15) is 438 Å². The van der Waals surface area contributed by atoms with E-state index in [0.29, 0.717) is 0 Å². The first kappa shape index (κ1) is 97.0. The molecule has 6 aromatic heterocycles. The summed E-state index contributed by atoms with van der Waals surface area (Å²) in [5.41, 5.74) is 0. The Kier molecular flexibility index (Phi) is 48.0. The summed E-state index contributed by atoms with van der Waals surface area (Å²) in [5, 5.41) is 11.2. The fourth-order valence-corrected chi connectivity index (χ4v) is 49.8. The van der Waals surface area contributed by atoms with E-state index in [4.69, 9.17) is 0 Å². The van der Waals surface area contributed by atoms with Crippen molar-refractivity contribution in [2.45, 2.75) is 487 Å². The van der Waals surface area contributed by atoms with Crippen molar-refractivity contribution < 1.29 is 0 Å². The van der Waals surface area contributed by atoms with E-state index in [2.05, 4.69) is 208 Å². The molecule has 3 aliphatic rings. The molecular weight excluding hydrogens is 1500 g/mol. The van der Waals surface area contributed by atoms with Gasteiger partial charge < -0.3 is 0 Å². The van der Waals surface area contributed by atoms with E-state index < -0.39 is 24.2 Å². The fourth-order valence-electron chi connectivity index (χ4n) is 20.8. The maximum Gasteiger partial charge on any atom is 0.122 e. The standard InChI is InChI=1S/C35H60S2Si.C34H58S2Si.C33H56S2Si/c1-6-9-12-14-15-16-17-18-19-20-22-25-38(28-31(23-11-8-3)24-21-13-10-7-2)32-26-29(4)36-34(32)35-33(38)27-30(5)37-35;1-6-9-12-14-15-16-17-18-19-21-24-37(27-30(22-11-8-3)23-20-13-10-7-2)31-25-28(4)35-33(31)34-32(37)26-29(5)36-34;1-6-9-12-14-15-16-17-18-20-23-36(26-29(21-11-8-3)22-19-13-10-7-2)30-24-27(4)34-32(30)33-31(36)25-28(5)35-33/h26-27,31H,6-25,28H2,1-5H3;25-26,30H,6-24,27H2,1-5H3;24-25,29H,6-23,26H2,1-5H3. The number of thiophene rings is 6. The van der Waals surface area contributed by atoms with Crippen LogP contribution in [0.3, 0.4) is 0 Å². The molecule has 6 aromatic rings. The van der Waals surface area contributed by atoms with Crippen molar-refractivity contribution in [3.8, 4) is 29.3 Å². The molecule has 0 nitrogen and oxygen atoms in total. The first-order valence-electron chi connectivity index (χ1n) is 48.8. The second-order valence-electron chi connectivity index (χ2n) is 36.8. The van der Waals surface area contributed by atoms with Crippen LogP contribution < -0.4 is 31.1 Å². The Morgan fingerprint density at radius 2 is 0.333 bits per heavy atom. The molecule has 0 radical (unpaired) electrons. The molecule has 0 spiro atoms. The summed E-state index contributed by atoms with van der Waals surface area (Å²) < 4.78 is 0. The molecule has 0 N–H and O–H groups in total. The molecule has 0 aromatic carbocycles. The van der Waals surface area contributed by atoms with Gasteiger partial charge in [0.2, 0.25) is 0 Å². The first-order chi connectivity index (χ1) is 54.2. The average molecular weight is 1680 g/mol. The third-order valence-electron chi connectivity index (χ3n) is 26.9. The highest BCUT2D eigenvalue weighted by molar-refractivity contribution is 7.31. The van der Waals surface area contributed by atoms with E-state index in [-0.39, 0.29) is 0 Å². The Balaban J connectivity index is 0.000000231. The molecule has 9 heterocycles. The van der Waals surface area contributed by atoms with Gasteiger partial charge in [0.1, 0.15) is 24.2 Å². The van der Waals surface area contributed by atoms with E-state index in [1.54, 1.807) is 58.5 Å². The monoisotopic (exact) mass is 1680 g/mol. The number of hydrogen-bond acceptors (Lipinski definition) is 6. The number of hydrogen-bond donors (Lipinski definition) is 0. The molecule has 0 fully saturated rings. The van der Waals surface area contributed by atoms with Crippen molar-refractivity contribution in [3.63, 3.8) is 0 Å². The van der Waals surface area contributed by atoms with Crippen LogP contribution in [0.5, 0.6) is 0 Å². The molecule has 111 heavy (non-hydrogen) atoms. The van der Waals surface area contributed by atoms with Gasteiger partial charge in [-0.2, -0.15) is 0 Å². The largest absolute Gasteiger partial charge is 0.140 e. The Labute approximate surface area is 716 Å². The van der Waals surface area contributed by atoms with Gasteiger partial charge >= 0.3 is 0 Å². The van der Waals surface area contributed by atoms with Crippen LogP contribution >= 0.6 is 68.0 Å². The van der Waals surface area contributed by atoms with Gasteiger partial charge in [-0.3, -0.25) is 0 Å². The third-order valence-corrected chi connectivity index (χ3v) is 50.8. The van der Waals surface area contributed by atoms with Crippen LogP contribution in [0.15, 0.2) is 36.4 Å². The molecule has 3 aliphatic heterocycles. The van der Waals surface area contributed by atoms with Crippen LogP contribution in [0.4, 0.5) is 0 Å². The summed E-state index contributed by atoms with van der Waals surface area (Å²) >= 11 is 12.6. The van der Waals surface area contributed by atoms with Crippen molar-refractivity contribution in [3.05, 3.63) is 65.7 Å². The van der Waals surface area contributed by atoms with E-state index in [1.807, 2.05) is 31.1 Å². The lowest BCUT2D eigenvalue weighted by Gasteiger charge is -2.33. The van der Waals surface area contributed by atoms with Crippen molar-refractivity contribution in [2.75, 3.05) is 0 Å². The van der Waals surface area contributed by atoms with Gasteiger partial charge in [0.05, 0.1) is 0 Å².